The third-order valence-corrected chi connectivity index (χ3v) is 2.86. The first-order valence-electron chi connectivity index (χ1n) is 5.40. The lowest BCUT2D eigenvalue weighted by Gasteiger charge is -2.31. The van der Waals surface area contributed by atoms with Gasteiger partial charge in [0.15, 0.2) is 0 Å². The second-order valence-corrected chi connectivity index (χ2v) is 4.01. The van der Waals surface area contributed by atoms with Crippen molar-refractivity contribution in [3.05, 3.63) is 29.8 Å². The molecule has 0 bridgehead atoms. The summed E-state index contributed by atoms with van der Waals surface area (Å²) < 4.78 is 0. The molecule has 0 unspecified atom stereocenters. The number of piperazine rings is 1. The van der Waals surface area contributed by atoms with Gasteiger partial charge < -0.3 is 14.9 Å². The van der Waals surface area contributed by atoms with Gasteiger partial charge in [-0.05, 0) is 17.7 Å². The molecule has 5 nitrogen and oxygen atoms in total. The molecule has 1 N–H and O–H groups in total. The highest BCUT2D eigenvalue weighted by Crippen LogP contribution is 2.18. The smallest absolute Gasteiger partial charge is 0.316 e. The number of amides is 2. The number of aliphatic hydroxyl groups excluding tert-OH is 1. The summed E-state index contributed by atoms with van der Waals surface area (Å²) in [5.74, 6) is -0.988. The van der Waals surface area contributed by atoms with Crippen LogP contribution in [0.5, 0.6) is 0 Å². The molecule has 5 heteroatoms. The highest BCUT2D eigenvalue weighted by Gasteiger charge is 2.30. The van der Waals surface area contributed by atoms with E-state index in [0.29, 0.717) is 18.8 Å². The van der Waals surface area contributed by atoms with Crippen molar-refractivity contribution in [2.24, 2.45) is 0 Å². The Morgan fingerprint density at radius 2 is 1.76 bits per heavy atom. The fourth-order valence-corrected chi connectivity index (χ4v) is 1.76. The van der Waals surface area contributed by atoms with E-state index >= 15 is 0 Å². The van der Waals surface area contributed by atoms with Crippen molar-refractivity contribution < 1.29 is 14.7 Å². The predicted molar refractivity (Wildman–Crippen MR) is 62.4 cm³/mol. The molecule has 1 heterocycles. The van der Waals surface area contributed by atoms with Crippen LogP contribution in [0, 0.1) is 0 Å². The largest absolute Gasteiger partial charge is 0.392 e. The number of nitrogens with zero attached hydrogens (tertiary/aromatic N) is 2. The first-order chi connectivity index (χ1) is 8.13. The van der Waals surface area contributed by atoms with Crippen molar-refractivity contribution in [3.8, 4) is 0 Å². The van der Waals surface area contributed by atoms with Crippen LogP contribution in [0.3, 0.4) is 0 Å². The fourth-order valence-electron chi connectivity index (χ4n) is 1.76. The molecule has 1 aliphatic heterocycles. The summed E-state index contributed by atoms with van der Waals surface area (Å²) in [5, 5.41) is 8.93. The van der Waals surface area contributed by atoms with Crippen molar-refractivity contribution in [3.63, 3.8) is 0 Å². The third kappa shape index (κ3) is 2.14. The van der Waals surface area contributed by atoms with Crippen molar-refractivity contribution in [2.45, 2.75) is 6.61 Å². The number of hydrogen-bond donors (Lipinski definition) is 1. The van der Waals surface area contributed by atoms with Gasteiger partial charge in [-0.3, -0.25) is 9.59 Å². The maximum absolute atomic E-state index is 11.8. The lowest BCUT2D eigenvalue weighted by Crippen LogP contribution is -2.53. The topological polar surface area (TPSA) is 60.9 Å². The summed E-state index contributed by atoms with van der Waals surface area (Å²) >= 11 is 0. The highest BCUT2D eigenvalue weighted by atomic mass is 16.3. The molecule has 0 saturated carbocycles. The Morgan fingerprint density at radius 3 is 2.35 bits per heavy atom. The molecule has 1 fully saturated rings. The molecule has 0 aromatic heterocycles. The number of carbonyl (C=O) groups excluding carboxylic acids is 2. The van der Waals surface area contributed by atoms with Gasteiger partial charge in [0.2, 0.25) is 0 Å². The molecule has 1 aromatic carbocycles. The minimum absolute atomic E-state index is 0.0319. The van der Waals surface area contributed by atoms with E-state index in [1.54, 1.807) is 31.3 Å². The maximum atomic E-state index is 11.8. The molecule has 0 atom stereocenters. The molecule has 2 amide bonds. The van der Waals surface area contributed by atoms with E-state index in [9.17, 15) is 9.59 Å². The van der Waals surface area contributed by atoms with Crippen LogP contribution < -0.4 is 4.90 Å². The molecular weight excluding hydrogens is 220 g/mol. The summed E-state index contributed by atoms with van der Waals surface area (Å²) in [5.41, 5.74) is 1.47. The van der Waals surface area contributed by atoms with Crippen LogP contribution in [0.15, 0.2) is 24.3 Å². The monoisotopic (exact) mass is 234 g/mol. The quantitative estimate of drug-likeness (QED) is 0.732. The first kappa shape index (κ1) is 11.6. The van der Waals surface area contributed by atoms with E-state index < -0.39 is 11.8 Å². The Balaban J connectivity index is 2.22. The van der Waals surface area contributed by atoms with Gasteiger partial charge in [-0.2, -0.15) is 0 Å². The van der Waals surface area contributed by atoms with E-state index in [-0.39, 0.29) is 6.61 Å². The Kier molecular flexibility index (Phi) is 3.10. The maximum Gasteiger partial charge on any atom is 0.316 e. The first-order valence-corrected chi connectivity index (χ1v) is 5.40. The molecule has 2 rings (SSSR count). The van der Waals surface area contributed by atoms with Gasteiger partial charge in [-0.25, -0.2) is 0 Å². The molecule has 90 valence electrons. The summed E-state index contributed by atoms with van der Waals surface area (Å²) in [4.78, 5) is 26.2. The zero-order chi connectivity index (χ0) is 12.4. The Morgan fingerprint density at radius 1 is 1.12 bits per heavy atom. The number of aliphatic hydroxyl groups is 1. The lowest BCUT2D eigenvalue weighted by molar-refractivity contribution is -0.145. The zero-order valence-electron chi connectivity index (χ0n) is 9.59. The van der Waals surface area contributed by atoms with Crippen LogP contribution >= 0.6 is 0 Å². The molecule has 0 radical (unpaired) electrons. The summed E-state index contributed by atoms with van der Waals surface area (Å²) in [7, 11) is 1.62. The number of carbonyl (C=O) groups is 2. The van der Waals surface area contributed by atoms with E-state index in [1.165, 1.54) is 9.80 Å². The Hall–Kier alpha value is -1.88. The number of benzene rings is 1. The average molecular weight is 234 g/mol. The normalized spacial score (nSPS) is 16.6. The van der Waals surface area contributed by atoms with E-state index in [2.05, 4.69) is 0 Å². The molecular formula is C12H14N2O3. The Bertz CT molecular complexity index is 442. The molecule has 0 aliphatic carbocycles. The molecule has 17 heavy (non-hydrogen) atoms. The van der Waals surface area contributed by atoms with Gasteiger partial charge in [0.25, 0.3) is 0 Å². The lowest BCUT2D eigenvalue weighted by atomic mass is 10.2. The summed E-state index contributed by atoms with van der Waals surface area (Å²) in [6.45, 7) is 1.00. The van der Waals surface area contributed by atoms with Gasteiger partial charge in [0, 0.05) is 25.8 Å². The minimum atomic E-state index is -0.504. The van der Waals surface area contributed by atoms with Crippen LogP contribution in [0.4, 0.5) is 5.69 Å². The molecule has 1 saturated heterocycles. The van der Waals surface area contributed by atoms with E-state index in [1.807, 2.05) is 0 Å². The minimum Gasteiger partial charge on any atom is -0.392 e. The van der Waals surface area contributed by atoms with Crippen molar-refractivity contribution in [2.75, 3.05) is 25.0 Å². The van der Waals surface area contributed by atoms with Gasteiger partial charge in [-0.15, -0.1) is 0 Å². The van der Waals surface area contributed by atoms with Gasteiger partial charge >= 0.3 is 11.8 Å². The number of likely N-dealkylation sites (N-methyl/N-ethyl adjacent to an activating group) is 1. The van der Waals surface area contributed by atoms with Crippen LogP contribution in [-0.2, 0) is 16.2 Å². The fraction of sp³-hybridized carbons (Fsp3) is 0.333. The number of rotatable bonds is 2. The van der Waals surface area contributed by atoms with Crippen molar-refractivity contribution >= 4 is 17.5 Å². The average Bonchev–Trinajstić information content (AvgIpc) is 2.36. The number of hydrogen-bond acceptors (Lipinski definition) is 3. The molecule has 1 aromatic rings. The zero-order valence-corrected chi connectivity index (χ0v) is 9.59. The van der Waals surface area contributed by atoms with Gasteiger partial charge in [-0.1, -0.05) is 12.1 Å². The second kappa shape index (κ2) is 4.55. The SMILES string of the molecule is CN1CCN(c2ccc(CO)cc2)C(=O)C1=O. The van der Waals surface area contributed by atoms with E-state index in [4.69, 9.17) is 5.11 Å². The third-order valence-electron chi connectivity index (χ3n) is 2.86. The van der Waals surface area contributed by atoms with Gasteiger partial charge in [0.05, 0.1) is 6.61 Å². The second-order valence-electron chi connectivity index (χ2n) is 4.01. The van der Waals surface area contributed by atoms with Crippen molar-refractivity contribution in [1.29, 1.82) is 0 Å². The predicted octanol–water partition coefficient (Wildman–Crippen LogP) is -0.0161. The van der Waals surface area contributed by atoms with Gasteiger partial charge in [0.1, 0.15) is 0 Å². The van der Waals surface area contributed by atoms with Crippen LogP contribution in [-0.4, -0.2) is 42.0 Å². The molecule has 1 aliphatic rings. The molecule has 0 spiro atoms. The standard InChI is InChI=1S/C12H14N2O3/c1-13-6-7-14(12(17)11(13)16)10-4-2-9(8-15)3-5-10/h2-5,15H,6-8H2,1H3. The number of anilines is 1. The van der Waals surface area contributed by atoms with E-state index in [0.717, 1.165) is 5.56 Å². The van der Waals surface area contributed by atoms with Crippen LogP contribution in [0.1, 0.15) is 5.56 Å². The Labute approximate surface area is 99.3 Å². The highest BCUT2D eigenvalue weighted by molar-refractivity contribution is 6.40. The van der Waals surface area contributed by atoms with Crippen LogP contribution in [0.25, 0.3) is 0 Å². The summed E-state index contributed by atoms with van der Waals surface area (Å²) in [6.07, 6.45) is 0. The van der Waals surface area contributed by atoms with Crippen molar-refractivity contribution in [1.82, 2.24) is 4.90 Å². The van der Waals surface area contributed by atoms with Crippen LogP contribution in [0.2, 0.25) is 0 Å². The summed E-state index contributed by atoms with van der Waals surface area (Å²) in [6, 6.07) is 6.96.